The van der Waals surface area contributed by atoms with Crippen LogP contribution in [0.5, 0.6) is 0 Å². The van der Waals surface area contributed by atoms with Gasteiger partial charge in [-0.1, -0.05) is 146 Å². The standard InChI is InChI=1S/C30H32N3.C21H22N3.C19H18N3/c1-20(2)27-15-25(24-10-8-7-9-11-24)16-28(21(3)4)30(27)26-18-32(6)33(19-26)29-14-23(17-31)13-12-22(29)5;1-14-9-10-18(12-22)11-20(14)24-13-19(17(4)23(24)5)21-15(2)7-6-8-16(21)3;1-14-9-10-16(12-20)11-19(14)22-13-18(15(2)21(22)3)17-7-5-4-6-8-17/h7-16,18-21H,1-6H3;6-11,13H,1-5H3;4-11,13H,1-3H3/q3*+1. The number of rotatable bonds is 9. The SMILES string of the molecule is Cc1ccc(C#N)cc1-[n+]1cc(-c2c(C)cccc2C)c(C)n1C.Cc1ccc(C#N)cc1-[n+]1cc(-c2ccccc2)c(C)n1C.Cc1ccc(C#N)cc1-n1cc(-c2c(C(C)C)cc(-c3ccccc3)cc2C(C)C)c[n+]1C. The van der Waals surface area contributed by atoms with Crippen LogP contribution in [-0.4, -0.2) is 14.0 Å². The minimum atomic E-state index is 0.387. The second-order valence-electron chi connectivity index (χ2n) is 21.3. The Morgan fingerprint density at radius 2 is 0.861 bits per heavy atom. The van der Waals surface area contributed by atoms with Crippen LogP contribution < -0.4 is 14.0 Å². The fraction of sp³-hybridized carbons (Fsp3) is 0.229. The summed E-state index contributed by atoms with van der Waals surface area (Å²) in [4.78, 5) is 0. The first-order valence-electron chi connectivity index (χ1n) is 27.0. The Kier molecular flexibility index (Phi) is 16.9. The monoisotopic (exact) mass is 1040 g/mol. The molecule has 0 aliphatic carbocycles. The zero-order valence-electron chi connectivity index (χ0n) is 48.3. The molecule has 0 fully saturated rings. The van der Waals surface area contributed by atoms with E-state index < -0.39 is 0 Å². The van der Waals surface area contributed by atoms with Crippen molar-refractivity contribution in [3.8, 4) is 79.8 Å². The minimum Gasteiger partial charge on any atom is -0.192 e. The average Bonchev–Trinajstić information content (AvgIpc) is 4.27. The summed E-state index contributed by atoms with van der Waals surface area (Å²) in [6, 6.07) is 56.3. The highest BCUT2D eigenvalue weighted by Crippen LogP contribution is 2.40. The van der Waals surface area contributed by atoms with Gasteiger partial charge in [0.15, 0.2) is 7.05 Å². The number of aromatic nitrogens is 6. The molecule has 0 unspecified atom stereocenters. The van der Waals surface area contributed by atoms with Crippen molar-refractivity contribution in [2.24, 2.45) is 21.1 Å². The zero-order chi connectivity index (χ0) is 56.8. The van der Waals surface area contributed by atoms with Gasteiger partial charge in [-0.15, -0.1) is 9.36 Å². The number of benzene rings is 7. The molecule has 394 valence electrons. The highest BCUT2D eigenvalue weighted by molar-refractivity contribution is 5.78. The molecule has 0 aliphatic heterocycles. The number of nitrogens with zero attached hydrogens (tertiary/aromatic N) is 9. The molecule has 10 rings (SSSR count). The first kappa shape index (κ1) is 55.9. The third kappa shape index (κ3) is 11.7. The Morgan fingerprint density at radius 3 is 1.34 bits per heavy atom. The van der Waals surface area contributed by atoms with Gasteiger partial charge in [0.1, 0.15) is 5.69 Å². The molecule has 0 atom stereocenters. The lowest BCUT2D eigenvalue weighted by Crippen LogP contribution is -2.39. The Morgan fingerprint density at radius 1 is 0.418 bits per heavy atom. The molecular weight excluding hydrogens is 967 g/mol. The van der Waals surface area contributed by atoms with Gasteiger partial charge in [-0.3, -0.25) is 0 Å². The quantitative estimate of drug-likeness (QED) is 0.135. The van der Waals surface area contributed by atoms with Gasteiger partial charge >= 0.3 is 0 Å². The maximum absolute atomic E-state index is 9.40. The first-order chi connectivity index (χ1) is 37.8. The molecule has 79 heavy (non-hydrogen) atoms. The van der Waals surface area contributed by atoms with E-state index in [2.05, 4.69) is 234 Å². The molecule has 0 amide bonds. The predicted molar refractivity (Wildman–Crippen MR) is 318 cm³/mol. The van der Waals surface area contributed by atoms with Crippen molar-refractivity contribution in [3.05, 3.63) is 237 Å². The second-order valence-corrected chi connectivity index (χ2v) is 21.3. The van der Waals surface area contributed by atoms with Crippen LogP contribution >= 0.6 is 0 Å². The number of nitriles is 3. The molecule has 0 radical (unpaired) electrons. The van der Waals surface area contributed by atoms with Crippen molar-refractivity contribution in [2.75, 3.05) is 0 Å². The summed E-state index contributed by atoms with van der Waals surface area (Å²) in [7, 11) is 6.16. The van der Waals surface area contributed by atoms with Crippen molar-refractivity contribution in [1.82, 2.24) is 14.0 Å². The number of hydrogen-bond donors (Lipinski definition) is 0. The summed E-state index contributed by atoms with van der Waals surface area (Å²) in [6.45, 7) is 23.9. The summed E-state index contributed by atoms with van der Waals surface area (Å²) >= 11 is 0. The van der Waals surface area contributed by atoms with Gasteiger partial charge in [-0.2, -0.15) is 25.1 Å². The largest absolute Gasteiger partial charge is 0.240 e. The van der Waals surface area contributed by atoms with Crippen LogP contribution in [0.2, 0.25) is 0 Å². The van der Waals surface area contributed by atoms with E-state index >= 15 is 0 Å². The van der Waals surface area contributed by atoms with Crippen molar-refractivity contribution < 1.29 is 14.0 Å². The molecule has 3 aromatic heterocycles. The van der Waals surface area contributed by atoms with E-state index in [4.69, 9.17) is 5.26 Å². The molecule has 0 N–H and O–H groups in total. The molecule has 7 aromatic carbocycles. The molecular formula is C70H72N9+3. The van der Waals surface area contributed by atoms with Crippen LogP contribution in [-0.2, 0) is 21.1 Å². The fourth-order valence-electron chi connectivity index (χ4n) is 10.5. The average molecular weight is 1040 g/mol. The van der Waals surface area contributed by atoms with Gasteiger partial charge < -0.3 is 0 Å². The van der Waals surface area contributed by atoms with E-state index in [1.807, 2.05) is 79.8 Å². The minimum absolute atomic E-state index is 0.387. The van der Waals surface area contributed by atoms with E-state index in [1.54, 1.807) is 0 Å². The molecule has 9 heteroatoms. The third-order valence-electron chi connectivity index (χ3n) is 15.3. The van der Waals surface area contributed by atoms with E-state index in [0.29, 0.717) is 28.5 Å². The van der Waals surface area contributed by atoms with E-state index in [9.17, 15) is 10.5 Å². The Labute approximate surface area is 468 Å². The van der Waals surface area contributed by atoms with Gasteiger partial charge in [0, 0.05) is 23.3 Å². The zero-order valence-corrected chi connectivity index (χ0v) is 48.3. The van der Waals surface area contributed by atoms with E-state index in [1.165, 1.54) is 78.1 Å². The van der Waals surface area contributed by atoms with Crippen LogP contribution in [0.15, 0.2) is 170 Å². The first-order valence-corrected chi connectivity index (χ1v) is 27.0. The van der Waals surface area contributed by atoms with Crippen LogP contribution in [0.3, 0.4) is 0 Å². The normalized spacial score (nSPS) is 10.8. The van der Waals surface area contributed by atoms with Gasteiger partial charge in [0.2, 0.25) is 30.0 Å². The van der Waals surface area contributed by atoms with Crippen molar-refractivity contribution in [3.63, 3.8) is 0 Å². The van der Waals surface area contributed by atoms with Gasteiger partial charge in [-0.05, 0) is 140 Å². The lowest BCUT2D eigenvalue weighted by Gasteiger charge is -2.20. The molecule has 10 aromatic rings. The van der Waals surface area contributed by atoms with Crippen molar-refractivity contribution >= 4 is 0 Å². The van der Waals surface area contributed by atoms with Crippen LogP contribution in [0.1, 0.15) is 107 Å². The Bertz CT molecular complexity index is 3940. The number of aryl methyl sites for hydroxylation is 6. The lowest BCUT2D eigenvalue weighted by molar-refractivity contribution is -0.744. The molecule has 3 heterocycles. The summed E-state index contributed by atoms with van der Waals surface area (Å²) < 4.78 is 12.8. The Hall–Kier alpha value is -9.36. The molecule has 0 bridgehead atoms. The predicted octanol–water partition coefficient (Wildman–Crippen LogP) is 14.6. The summed E-state index contributed by atoms with van der Waals surface area (Å²) in [5.74, 6) is 0.775. The molecule has 0 saturated carbocycles. The van der Waals surface area contributed by atoms with Crippen molar-refractivity contribution in [1.29, 1.82) is 15.8 Å². The van der Waals surface area contributed by atoms with Crippen LogP contribution in [0, 0.1) is 82.5 Å². The highest BCUT2D eigenvalue weighted by atomic mass is 15.4. The smallest absolute Gasteiger partial charge is 0.192 e. The maximum Gasteiger partial charge on any atom is 0.240 e. The third-order valence-corrected chi connectivity index (χ3v) is 15.3. The fourth-order valence-corrected chi connectivity index (χ4v) is 10.5. The van der Waals surface area contributed by atoms with Crippen LogP contribution in [0.25, 0.3) is 61.6 Å². The lowest BCUT2D eigenvalue weighted by atomic mass is 9.83. The van der Waals surface area contributed by atoms with Gasteiger partial charge in [0.05, 0.1) is 83.3 Å². The topological polar surface area (TPSA) is 97.8 Å². The maximum atomic E-state index is 9.40. The van der Waals surface area contributed by atoms with Gasteiger partial charge in [-0.25, -0.2) is 0 Å². The van der Waals surface area contributed by atoms with E-state index in [0.717, 1.165) is 33.8 Å². The van der Waals surface area contributed by atoms with Gasteiger partial charge in [0.25, 0.3) is 0 Å². The molecule has 0 saturated heterocycles. The van der Waals surface area contributed by atoms with E-state index in [-0.39, 0.29) is 0 Å². The molecule has 0 aliphatic rings. The second kappa shape index (κ2) is 23.9. The molecule has 0 spiro atoms. The highest BCUT2D eigenvalue weighted by Gasteiger charge is 2.26. The summed E-state index contributed by atoms with van der Waals surface area (Å²) in [5.41, 5.74) is 26.2. The van der Waals surface area contributed by atoms with Crippen molar-refractivity contribution in [2.45, 2.75) is 88.0 Å². The number of hydrogen-bond acceptors (Lipinski definition) is 3. The molecule has 9 nitrogen and oxygen atoms in total. The summed E-state index contributed by atoms with van der Waals surface area (Å²) in [6.07, 6.45) is 8.72. The Balaban J connectivity index is 0.000000160. The summed E-state index contributed by atoms with van der Waals surface area (Å²) in [5, 5.41) is 27.8. The van der Waals surface area contributed by atoms with Crippen LogP contribution in [0.4, 0.5) is 0 Å².